The van der Waals surface area contributed by atoms with Crippen molar-refractivity contribution in [3.8, 4) is 0 Å². The Balaban J connectivity index is 2.91. The SMILES string of the molecule is CN(CCC(F)(F)F)c1ncc(Br)cc1C(=O)O. The predicted molar refractivity (Wildman–Crippen MR) is 62.8 cm³/mol. The Labute approximate surface area is 110 Å². The lowest BCUT2D eigenvalue weighted by Crippen LogP contribution is -2.26. The molecule has 0 unspecified atom stereocenters. The number of carbonyl (C=O) groups is 1. The minimum absolute atomic E-state index is 0.00921. The standard InChI is InChI=1S/C10H10BrF3N2O2/c1-16(3-2-10(12,13)14)8-7(9(17)18)4-6(11)5-15-8/h4-5H,2-3H2,1H3,(H,17,18). The smallest absolute Gasteiger partial charge is 0.390 e. The summed E-state index contributed by atoms with van der Waals surface area (Å²) in [5.41, 5.74) is -0.144. The maximum Gasteiger partial charge on any atom is 0.390 e. The quantitative estimate of drug-likeness (QED) is 0.924. The van der Waals surface area contributed by atoms with E-state index in [1.165, 1.54) is 24.2 Å². The molecule has 1 aromatic rings. The maximum atomic E-state index is 12.1. The number of rotatable bonds is 4. The van der Waals surface area contributed by atoms with E-state index in [1.54, 1.807) is 0 Å². The van der Waals surface area contributed by atoms with Crippen molar-refractivity contribution in [3.63, 3.8) is 0 Å². The maximum absolute atomic E-state index is 12.1. The fraction of sp³-hybridized carbons (Fsp3) is 0.400. The molecule has 1 N–H and O–H groups in total. The van der Waals surface area contributed by atoms with Gasteiger partial charge in [-0.05, 0) is 22.0 Å². The number of halogens is 4. The van der Waals surface area contributed by atoms with Gasteiger partial charge in [0.15, 0.2) is 0 Å². The Bertz CT molecular complexity index is 451. The zero-order chi connectivity index (χ0) is 13.9. The van der Waals surface area contributed by atoms with Crippen molar-refractivity contribution in [1.29, 1.82) is 0 Å². The number of aromatic nitrogens is 1. The highest BCUT2D eigenvalue weighted by molar-refractivity contribution is 9.10. The summed E-state index contributed by atoms with van der Waals surface area (Å²) in [5, 5.41) is 8.96. The molecule has 0 aliphatic carbocycles. The fourth-order valence-corrected chi connectivity index (χ4v) is 1.63. The van der Waals surface area contributed by atoms with Crippen molar-refractivity contribution >= 4 is 27.7 Å². The predicted octanol–water partition coefficient (Wildman–Crippen LogP) is 2.93. The van der Waals surface area contributed by atoms with Gasteiger partial charge in [-0.3, -0.25) is 0 Å². The molecule has 0 atom stereocenters. The van der Waals surface area contributed by atoms with Gasteiger partial charge in [0.25, 0.3) is 0 Å². The van der Waals surface area contributed by atoms with E-state index in [0.717, 1.165) is 0 Å². The molecule has 1 aromatic heterocycles. The Morgan fingerprint density at radius 1 is 1.56 bits per heavy atom. The summed E-state index contributed by atoms with van der Waals surface area (Å²) in [4.78, 5) is 16.0. The van der Waals surface area contributed by atoms with E-state index in [2.05, 4.69) is 20.9 Å². The summed E-state index contributed by atoms with van der Waals surface area (Å²) in [7, 11) is 1.37. The van der Waals surface area contributed by atoms with Crippen LogP contribution in [0.15, 0.2) is 16.7 Å². The van der Waals surface area contributed by atoms with Crippen LogP contribution in [-0.2, 0) is 0 Å². The molecule has 0 radical (unpaired) electrons. The Morgan fingerprint density at radius 3 is 2.67 bits per heavy atom. The van der Waals surface area contributed by atoms with Crippen molar-refractivity contribution in [3.05, 3.63) is 22.3 Å². The molecule has 0 bridgehead atoms. The van der Waals surface area contributed by atoms with Crippen LogP contribution in [0.5, 0.6) is 0 Å². The summed E-state index contributed by atoms with van der Waals surface area (Å²) >= 11 is 3.06. The number of hydrogen-bond acceptors (Lipinski definition) is 3. The second kappa shape index (κ2) is 5.55. The lowest BCUT2D eigenvalue weighted by molar-refractivity contribution is -0.132. The van der Waals surface area contributed by atoms with E-state index < -0.39 is 18.6 Å². The molecule has 1 heterocycles. The summed E-state index contributed by atoms with van der Waals surface area (Å²) in [6.07, 6.45) is -3.97. The second-order valence-electron chi connectivity index (χ2n) is 3.62. The number of alkyl halides is 3. The van der Waals surface area contributed by atoms with Crippen LogP contribution in [0.3, 0.4) is 0 Å². The Hall–Kier alpha value is -1.31. The molecule has 0 spiro atoms. The molecule has 0 amide bonds. The van der Waals surface area contributed by atoms with Crippen LogP contribution < -0.4 is 4.90 Å². The van der Waals surface area contributed by atoms with Crippen LogP contribution in [0.2, 0.25) is 0 Å². The van der Waals surface area contributed by atoms with Gasteiger partial charge < -0.3 is 10.0 Å². The first-order valence-corrected chi connectivity index (χ1v) is 5.67. The largest absolute Gasteiger partial charge is 0.478 e. The highest BCUT2D eigenvalue weighted by Crippen LogP contribution is 2.24. The van der Waals surface area contributed by atoms with E-state index in [-0.39, 0.29) is 17.9 Å². The van der Waals surface area contributed by atoms with Gasteiger partial charge in [-0.25, -0.2) is 9.78 Å². The van der Waals surface area contributed by atoms with Gasteiger partial charge >= 0.3 is 12.1 Å². The molecular formula is C10H10BrF3N2O2. The molecule has 8 heteroatoms. The first-order chi connectivity index (χ1) is 8.20. The highest BCUT2D eigenvalue weighted by atomic mass is 79.9. The van der Waals surface area contributed by atoms with Gasteiger partial charge in [-0.1, -0.05) is 0 Å². The van der Waals surface area contributed by atoms with E-state index in [9.17, 15) is 18.0 Å². The summed E-state index contributed by atoms with van der Waals surface area (Å²) in [6.45, 7) is -0.349. The number of pyridine rings is 1. The van der Waals surface area contributed by atoms with Crippen molar-refractivity contribution in [2.75, 3.05) is 18.5 Å². The number of carboxylic acid groups (broad SMARTS) is 1. The van der Waals surface area contributed by atoms with E-state index in [1.807, 2.05) is 0 Å². The lowest BCUT2D eigenvalue weighted by atomic mass is 10.2. The molecule has 0 aromatic carbocycles. The average molecular weight is 327 g/mol. The van der Waals surface area contributed by atoms with Crippen molar-refractivity contribution in [2.45, 2.75) is 12.6 Å². The van der Waals surface area contributed by atoms with Crippen LogP contribution in [-0.4, -0.2) is 35.8 Å². The van der Waals surface area contributed by atoms with Crippen molar-refractivity contribution in [2.24, 2.45) is 0 Å². The topological polar surface area (TPSA) is 53.4 Å². The van der Waals surface area contributed by atoms with Crippen LogP contribution in [0, 0.1) is 0 Å². The highest BCUT2D eigenvalue weighted by Gasteiger charge is 2.28. The number of aromatic carboxylic acids is 1. The zero-order valence-corrected chi connectivity index (χ0v) is 10.9. The molecule has 0 aliphatic heterocycles. The molecule has 100 valence electrons. The van der Waals surface area contributed by atoms with Gasteiger partial charge in [-0.15, -0.1) is 0 Å². The minimum atomic E-state index is -4.28. The average Bonchev–Trinajstić information content (AvgIpc) is 2.24. The van der Waals surface area contributed by atoms with Gasteiger partial charge in [0, 0.05) is 24.3 Å². The number of hydrogen-bond donors (Lipinski definition) is 1. The van der Waals surface area contributed by atoms with Crippen LogP contribution in [0.25, 0.3) is 0 Å². The van der Waals surface area contributed by atoms with E-state index in [0.29, 0.717) is 4.47 Å². The molecule has 18 heavy (non-hydrogen) atoms. The van der Waals surface area contributed by atoms with Crippen LogP contribution in [0.1, 0.15) is 16.8 Å². The molecule has 4 nitrogen and oxygen atoms in total. The van der Waals surface area contributed by atoms with Gasteiger partial charge in [0.1, 0.15) is 11.4 Å². The zero-order valence-electron chi connectivity index (χ0n) is 9.33. The summed E-state index contributed by atoms with van der Waals surface area (Å²) in [6, 6.07) is 1.30. The Morgan fingerprint density at radius 2 is 2.17 bits per heavy atom. The number of nitrogens with zero attached hydrogens (tertiary/aromatic N) is 2. The minimum Gasteiger partial charge on any atom is -0.478 e. The van der Waals surface area contributed by atoms with E-state index in [4.69, 9.17) is 5.11 Å². The van der Waals surface area contributed by atoms with Crippen LogP contribution >= 0.6 is 15.9 Å². The Kier molecular flexibility index (Phi) is 4.55. The van der Waals surface area contributed by atoms with Crippen molar-refractivity contribution < 1.29 is 23.1 Å². The molecular weight excluding hydrogens is 317 g/mol. The third-order valence-corrected chi connectivity index (χ3v) is 2.59. The first kappa shape index (κ1) is 14.7. The molecule has 0 fully saturated rings. The number of anilines is 1. The summed E-state index contributed by atoms with van der Waals surface area (Å²) < 4.78 is 36.7. The van der Waals surface area contributed by atoms with Gasteiger partial charge in [0.2, 0.25) is 0 Å². The van der Waals surface area contributed by atoms with Crippen molar-refractivity contribution in [1.82, 2.24) is 4.98 Å². The first-order valence-electron chi connectivity index (χ1n) is 4.87. The fourth-order valence-electron chi connectivity index (χ4n) is 1.29. The molecule has 1 rings (SSSR count). The molecule has 0 saturated carbocycles. The normalized spacial score (nSPS) is 11.4. The molecule has 0 saturated heterocycles. The van der Waals surface area contributed by atoms with Crippen LogP contribution in [0.4, 0.5) is 19.0 Å². The molecule has 0 aliphatic rings. The number of carboxylic acids is 1. The third kappa shape index (κ3) is 4.17. The van der Waals surface area contributed by atoms with Gasteiger partial charge in [-0.2, -0.15) is 13.2 Å². The third-order valence-electron chi connectivity index (χ3n) is 2.16. The lowest BCUT2D eigenvalue weighted by Gasteiger charge is -2.20. The summed E-state index contributed by atoms with van der Waals surface area (Å²) in [5.74, 6) is -1.23. The second-order valence-corrected chi connectivity index (χ2v) is 4.53. The van der Waals surface area contributed by atoms with E-state index >= 15 is 0 Å². The van der Waals surface area contributed by atoms with Gasteiger partial charge in [0.05, 0.1) is 6.42 Å². The monoisotopic (exact) mass is 326 g/mol.